The topological polar surface area (TPSA) is 146 Å². The molecular weight excluding hydrogens is 569 g/mol. The first-order chi connectivity index (χ1) is 20.5. The summed E-state index contributed by atoms with van der Waals surface area (Å²) in [6.07, 6.45) is 8.03. The highest BCUT2D eigenvalue weighted by atomic mass is 32.2. The van der Waals surface area contributed by atoms with Crippen molar-refractivity contribution in [3.05, 3.63) is 78.6 Å². The number of aryl methyl sites for hydroxylation is 1. The number of amides is 1. The van der Waals surface area contributed by atoms with Crippen molar-refractivity contribution in [2.45, 2.75) is 20.3 Å². The van der Waals surface area contributed by atoms with E-state index in [0.717, 1.165) is 27.5 Å². The molecule has 3 N–H and O–H groups in total. The second kappa shape index (κ2) is 11.0. The Kier molecular flexibility index (Phi) is 7.22. The molecule has 0 saturated carbocycles. The van der Waals surface area contributed by atoms with E-state index < -0.39 is 15.7 Å². The summed E-state index contributed by atoms with van der Waals surface area (Å²) in [5.41, 5.74) is 6.65. The number of aromatic nitrogens is 6. The van der Waals surface area contributed by atoms with Gasteiger partial charge < -0.3 is 10.3 Å². The largest absolute Gasteiger partial charge is 0.338 e. The molecule has 43 heavy (non-hydrogen) atoms. The summed E-state index contributed by atoms with van der Waals surface area (Å²) in [4.78, 5) is 28.8. The van der Waals surface area contributed by atoms with Gasteiger partial charge in [0, 0.05) is 52.7 Å². The van der Waals surface area contributed by atoms with Crippen LogP contribution in [0.5, 0.6) is 0 Å². The molecule has 10 nitrogen and oxygen atoms in total. The van der Waals surface area contributed by atoms with Gasteiger partial charge in [0.1, 0.15) is 21.3 Å². The normalized spacial score (nSPS) is 11.9. The van der Waals surface area contributed by atoms with Crippen LogP contribution in [0, 0.1) is 11.7 Å². The number of sulfone groups is 1. The molecule has 0 bridgehead atoms. The molecular formula is C31H28FN7O3S. The summed E-state index contributed by atoms with van der Waals surface area (Å²) in [5.74, 6) is -0.766. The number of nitrogens with one attached hydrogen (secondary N) is 3. The first kappa shape index (κ1) is 28.2. The number of rotatable bonds is 8. The van der Waals surface area contributed by atoms with Gasteiger partial charge in [0.25, 0.3) is 0 Å². The fourth-order valence-corrected chi connectivity index (χ4v) is 5.49. The Hall–Kier alpha value is -4.97. The van der Waals surface area contributed by atoms with E-state index in [0.29, 0.717) is 39.5 Å². The van der Waals surface area contributed by atoms with E-state index in [1.54, 1.807) is 30.9 Å². The number of benzene rings is 1. The minimum atomic E-state index is -3.19. The fourth-order valence-electron chi connectivity index (χ4n) is 4.88. The number of carbonyl (C=O) groups excluding carboxylic acids is 1. The Morgan fingerprint density at radius 2 is 1.79 bits per heavy atom. The zero-order valence-electron chi connectivity index (χ0n) is 23.6. The van der Waals surface area contributed by atoms with Gasteiger partial charge in [0.05, 0.1) is 29.0 Å². The zero-order valence-corrected chi connectivity index (χ0v) is 24.5. The summed E-state index contributed by atoms with van der Waals surface area (Å²) in [5, 5.41) is 11.8. The Labute approximate surface area is 246 Å². The van der Waals surface area contributed by atoms with Crippen LogP contribution in [0.15, 0.2) is 67.3 Å². The van der Waals surface area contributed by atoms with Crippen LogP contribution < -0.4 is 5.32 Å². The number of nitrogens with zero attached hydrogens (tertiary/aromatic N) is 4. The van der Waals surface area contributed by atoms with Gasteiger partial charge in [-0.1, -0.05) is 19.9 Å². The molecule has 5 aromatic heterocycles. The van der Waals surface area contributed by atoms with Crippen molar-refractivity contribution in [1.29, 1.82) is 0 Å². The number of fused-ring (bicyclic) bond motifs is 2. The van der Waals surface area contributed by atoms with Crippen molar-refractivity contribution in [2.24, 2.45) is 5.92 Å². The Bertz CT molecular complexity index is 2120. The molecule has 0 saturated heterocycles. The van der Waals surface area contributed by atoms with E-state index in [2.05, 4.69) is 35.5 Å². The van der Waals surface area contributed by atoms with E-state index >= 15 is 0 Å². The number of aromatic amines is 2. The predicted molar refractivity (Wildman–Crippen MR) is 164 cm³/mol. The first-order valence-corrected chi connectivity index (χ1v) is 15.7. The molecule has 1 aromatic carbocycles. The maximum absolute atomic E-state index is 14.6. The van der Waals surface area contributed by atoms with Crippen LogP contribution in [-0.4, -0.2) is 56.5 Å². The van der Waals surface area contributed by atoms with Crippen LogP contribution in [0.25, 0.3) is 55.7 Å². The van der Waals surface area contributed by atoms with Crippen LogP contribution in [0.2, 0.25) is 0 Å². The second-order valence-electron chi connectivity index (χ2n) is 10.8. The van der Waals surface area contributed by atoms with Crippen molar-refractivity contribution in [2.75, 3.05) is 17.3 Å². The standard InChI is InChI=1S/C31H28FN7O3S/c1-17(2)31(40)36-23-11-20(14-33-16-23)21-12-26-28(38-39-30(26)35-15-21)27-13-25-24(4-6-34-29(25)37-27)19-8-18(9-22(32)10-19)5-7-43(3,41)42/h4,6,8-17H,5,7H2,1-3H3,(H,34,37)(H,36,40)(H,35,38,39). The summed E-state index contributed by atoms with van der Waals surface area (Å²) < 4.78 is 38.0. The van der Waals surface area contributed by atoms with Crippen molar-refractivity contribution >= 4 is 43.5 Å². The molecule has 6 rings (SSSR count). The van der Waals surface area contributed by atoms with Gasteiger partial charge in [-0.25, -0.2) is 22.8 Å². The zero-order chi connectivity index (χ0) is 30.3. The number of carbonyl (C=O) groups is 1. The number of anilines is 1. The molecule has 0 spiro atoms. The summed E-state index contributed by atoms with van der Waals surface area (Å²) in [6.45, 7) is 3.65. The smallest absolute Gasteiger partial charge is 0.226 e. The van der Waals surface area contributed by atoms with Crippen molar-refractivity contribution in [3.8, 4) is 33.6 Å². The Morgan fingerprint density at radius 1 is 0.977 bits per heavy atom. The third-order valence-corrected chi connectivity index (χ3v) is 8.05. The SMILES string of the molecule is CC(C)C(=O)Nc1cncc(-c2cnc3n[nH]c(-c4cc5c(-c6cc(F)cc(CCS(C)(=O)=O)c6)ccnc5[nH]4)c3c2)c1. The summed E-state index contributed by atoms with van der Waals surface area (Å²) >= 11 is 0. The van der Waals surface area contributed by atoms with Gasteiger partial charge in [-0.2, -0.15) is 5.10 Å². The quantitative estimate of drug-likeness (QED) is 0.208. The minimum absolute atomic E-state index is 0.0637. The average molecular weight is 598 g/mol. The summed E-state index contributed by atoms with van der Waals surface area (Å²) in [6, 6.07) is 12.1. The molecule has 0 radical (unpaired) electrons. The van der Waals surface area contributed by atoms with E-state index in [1.807, 2.05) is 38.1 Å². The van der Waals surface area contributed by atoms with E-state index in [4.69, 9.17) is 0 Å². The first-order valence-electron chi connectivity index (χ1n) is 13.6. The van der Waals surface area contributed by atoms with Gasteiger partial charge in [0.2, 0.25) is 5.91 Å². The molecule has 0 fully saturated rings. The number of hydrogen-bond donors (Lipinski definition) is 3. The third-order valence-electron chi connectivity index (χ3n) is 7.10. The van der Waals surface area contributed by atoms with Gasteiger partial charge in [-0.05, 0) is 59.5 Å². The molecule has 0 aliphatic heterocycles. The van der Waals surface area contributed by atoms with Crippen LogP contribution in [0.3, 0.4) is 0 Å². The number of halogens is 1. The maximum atomic E-state index is 14.6. The number of H-pyrrole nitrogens is 2. The van der Waals surface area contributed by atoms with Gasteiger partial charge in [-0.15, -0.1) is 0 Å². The van der Waals surface area contributed by atoms with Crippen LogP contribution in [-0.2, 0) is 21.1 Å². The highest BCUT2D eigenvalue weighted by Crippen LogP contribution is 2.35. The lowest BCUT2D eigenvalue weighted by Gasteiger charge is -2.09. The van der Waals surface area contributed by atoms with Gasteiger partial charge >= 0.3 is 0 Å². The maximum Gasteiger partial charge on any atom is 0.226 e. The molecule has 5 heterocycles. The average Bonchev–Trinajstić information content (AvgIpc) is 3.59. The van der Waals surface area contributed by atoms with Gasteiger partial charge in [0.15, 0.2) is 5.65 Å². The number of pyridine rings is 3. The molecule has 6 aromatic rings. The highest BCUT2D eigenvalue weighted by Gasteiger charge is 2.17. The van der Waals surface area contributed by atoms with Crippen LogP contribution in [0.1, 0.15) is 19.4 Å². The van der Waals surface area contributed by atoms with Crippen LogP contribution >= 0.6 is 0 Å². The van der Waals surface area contributed by atoms with E-state index in [-0.39, 0.29) is 24.0 Å². The van der Waals surface area contributed by atoms with E-state index in [1.165, 1.54) is 18.4 Å². The molecule has 218 valence electrons. The molecule has 12 heteroatoms. The van der Waals surface area contributed by atoms with Crippen LogP contribution in [0.4, 0.5) is 10.1 Å². The Balaban J connectivity index is 1.38. The number of hydrogen-bond acceptors (Lipinski definition) is 7. The lowest BCUT2D eigenvalue weighted by molar-refractivity contribution is -0.118. The van der Waals surface area contributed by atoms with E-state index in [9.17, 15) is 17.6 Å². The molecule has 0 unspecified atom stereocenters. The lowest BCUT2D eigenvalue weighted by Crippen LogP contribution is -2.17. The Morgan fingerprint density at radius 3 is 2.58 bits per heavy atom. The monoisotopic (exact) mass is 597 g/mol. The van der Waals surface area contributed by atoms with Crippen molar-refractivity contribution in [3.63, 3.8) is 0 Å². The molecule has 0 aliphatic rings. The lowest BCUT2D eigenvalue weighted by atomic mass is 10.00. The molecule has 1 amide bonds. The van der Waals surface area contributed by atoms with Crippen molar-refractivity contribution < 1.29 is 17.6 Å². The third kappa shape index (κ3) is 6.00. The fraction of sp³-hybridized carbons (Fsp3) is 0.194. The highest BCUT2D eigenvalue weighted by molar-refractivity contribution is 7.90. The predicted octanol–water partition coefficient (Wildman–Crippen LogP) is 5.55. The minimum Gasteiger partial charge on any atom is -0.338 e. The molecule has 0 aliphatic carbocycles. The van der Waals surface area contributed by atoms with Crippen molar-refractivity contribution in [1.82, 2.24) is 30.1 Å². The second-order valence-corrected chi connectivity index (χ2v) is 13.1. The molecule has 0 atom stereocenters. The summed E-state index contributed by atoms with van der Waals surface area (Å²) in [7, 11) is -3.19. The van der Waals surface area contributed by atoms with Gasteiger partial charge in [-0.3, -0.25) is 14.9 Å².